The summed E-state index contributed by atoms with van der Waals surface area (Å²) in [6.45, 7) is 0. The molecule has 0 aromatic carbocycles. The number of allylic oxidation sites excluding steroid dienone is 8. The minimum atomic E-state index is 1.02. The molecule has 0 unspecified atom stereocenters. The lowest BCUT2D eigenvalue weighted by Crippen LogP contribution is -1.66. The normalized spacial score (nSPS) is 30.4. The first-order valence-electron chi connectivity index (χ1n) is 3.48. The van der Waals surface area contributed by atoms with Crippen LogP contribution in [0.25, 0.3) is 0 Å². The third-order valence-electron chi connectivity index (χ3n) is 1.21. The largest absolute Gasteiger partial charge is 0.0839 e. The smallest absolute Gasteiger partial charge is 0.0130 e. The third kappa shape index (κ3) is 3.08. The molecule has 1 radical (unpaired) electrons. The highest BCUT2D eigenvalue weighted by molar-refractivity contribution is 5.19. The van der Waals surface area contributed by atoms with Gasteiger partial charge in [-0.15, -0.1) is 0 Å². The van der Waals surface area contributed by atoms with Crippen LogP contribution < -0.4 is 0 Å². The Bertz CT molecular complexity index is 158. The molecule has 0 saturated carbocycles. The zero-order valence-corrected chi connectivity index (χ0v) is 5.90. The van der Waals surface area contributed by atoms with E-state index in [0.29, 0.717) is 0 Å². The Morgan fingerprint density at radius 1 is 0.600 bits per heavy atom. The van der Waals surface area contributed by atoms with Gasteiger partial charge in [0.1, 0.15) is 0 Å². The minimum Gasteiger partial charge on any atom is -0.0839 e. The van der Waals surface area contributed by atoms with Crippen LogP contribution in [0.15, 0.2) is 48.6 Å². The summed E-state index contributed by atoms with van der Waals surface area (Å²) in [5.41, 5.74) is 0. The highest BCUT2D eigenvalue weighted by Gasteiger charge is 1.75. The molecule has 0 nitrogen and oxygen atoms in total. The van der Waals surface area contributed by atoms with Crippen LogP contribution in [0.2, 0.25) is 0 Å². The van der Waals surface area contributed by atoms with Crippen LogP contribution >= 0.6 is 0 Å². The maximum absolute atomic E-state index is 2.12. The third-order valence-corrected chi connectivity index (χ3v) is 1.21. The average Bonchev–Trinajstić information content (AvgIpc) is 2.01. The lowest BCUT2D eigenvalue weighted by atomic mass is 10.2. The van der Waals surface area contributed by atoms with Gasteiger partial charge in [0.15, 0.2) is 0 Å². The lowest BCUT2D eigenvalue weighted by molar-refractivity contribution is 1.29. The number of hydrogen-bond acceptors (Lipinski definition) is 0. The molecule has 0 spiro atoms. The van der Waals surface area contributed by atoms with E-state index in [0.717, 1.165) is 6.42 Å². The fourth-order valence-electron chi connectivity index (χ4n) is 0.714. The van der Waals surface area contributed by atoms with Gasteiger partial charge in [0.25, 0.3) is 0 Å². The van der Waals surface area contributed by atoms with Gasteiger partial charge < -0.3 is 0 Å². The van der Waals surface area contributed by atoms with Gasteiger partial charge >= 0.3 is 0 Å². The van der Waals surface area contributed by atoms with Crippen LogP contribution in [0.5, 0.6) is 0 Å². The summed E-state index contributed by atoms with van der Waals surface area (Å²) in [5, 5.41) is 0. The molecule has 0 aromatic heterocycles. The Hall–Kier alpha value is -1.04. The van der Waals surface area contributed by atoms with E-state index in [9.17, 15) is 0 Å². The zero-order valence-electron chi connectivity index (χ0n) is 5.90. The van der Waals surface area contributed by atoms with Crippen molar-refractivity contribution in [2.75, 3.05) is 0 Å². The molecule has 0 heteroatoms. The molecule has 0 atom stereocenters. The van der Waals surface area contributed by atoms with Gasteiger partial charge in [0, 0.05) is 0 Å². The van der Waals surface area contributed by atoms with Crippen molar-refractivity contribution >= 4 is 0 Å². The zero-order chi connectivity index (χ0) is 7.07. The molecular weight excluding hydrogens is 120 g/mol. The van der Waals surface area contributed by atoms with E-state index in [-0.39, 0.29) is 0 Å². The van der Waals surface area contributed by atoms with Crippen molar-refractivity contribution in [2.24, 2.45) is 0 Å². The van der Waals surface area contributed by atoms with Crippen molar-refractivity contribution in [2.45, 2.75) is 6.42 Å². The Morgan fingerprint density at radius 2 is 1.20 bits per heavy atom. The van der Waals surface area contributed by atoms with E-state index in [1.165, 1.54) is 0 Å². The summed E-state index contributed by atoms with van der Waals surface area (Å²) in [7, 11) is 0. The number of hydrogen-bond donors (Lipinski definition) is 0. The van der Waals surface area contributed by atoms with Crippen molar-refractivity contribution < 1.29 is 0 Å². The molecule has 1 rings (SSSR count). The first kappa shape index (κ1) is 7.07. The molecule has 10 heavy (non-hydrogen) atoms. The van der Waals surface area contributed by atoms with Crippen LogP contribution in [0.4, 0.5) is 0 Å². The van der Waals surface area contributed by atoms with E-state index in [4.69, 9.17) is 0 Å². The molecule has 0 N–H and O–H groups in total. The first-order valence-corrected chi connectivity index (χ1v) is 3.48. The molecule has 0 heterocycles. The van der Waals surface area contributed by atoms with Crippen molar-refractivity contribution in [3.63, 3.8) is 0 Å². The van der Waals surface area contributed by atoms with Crippen LogP contribution in [-0.2, 0) is 0 Å². The van der Waals surface area contributed by atoms with Crippen molar-refractivity contribution in [1.29, 1.82) is 0 Å². The molecule has 0 aliphatic heterocycles. The second-order valence-electron chi connectivity index (χ2n) is 2.05. The molecule has 1 aliphatic carbocycles. The summed E-state index contributed by atoms with van der Waals surface area (Å²) in [6, 6.07) is 0. The summed E-state index contributed by atoms with van der Waals surface area (Å²) in [6.07, 6.45) is 19.5. The molecule has 0 aromatic rings. The lowest BCUT2D eigenvalue weighted by Gasteiger charge is -1.84. The SMILES string of the molecule is [CH]1\C=C/C=C/C=C\C=C\C1. The van der Waals surface area contributed by atoms with Crippen molar-refractivity contribution in [3.8, 4) is 0 Å². The Labute approximate surface area is 62.3 Å². The topological polar surface area (TPSA) is 0 Å². The molecular formula is C10H11. The van der Waals surface area contributed by atoms with Crippen molar-refractivity contribution in [1.82, 2.24) is 0 Å². The van der Waals surface area contributed by atoms with Crippen molar-refractivity contribution in [3.05, 3.63) is 55.0 Å². The predicted octanol–water partition coefficient (Wildman–Crippen LogP) is 2.82. The quantitative estimate of drug-likeness (QED) is 0.474. The monoisotopic (exact) mass is 131 g/mol. The van der Waals surface area contributed by atoms with E-state index >= 15 is 0 Å². The van der Waals surface area contributed by atoms with Crippen LogP contribution in [-0.4, -0.2) is 0 Å². The molecule has 0 fully saturated rings. The summed E-state index contributed by atoms with van der Waals surface area (Å²) in [5.74, 6) is 0. The average molecular weight is 131 g/mol. The Balaban J connectivity index is 2.53. The molecule has 0 amide bonds. The molecule has 51 valence electrons. The maximum Gasteiger partial charge on any atom is -0.0130 e. The number of rotatable bonds is 0. The van der Waals surface area contributed by atoms with E-state index < -0.39 is 0 Å². The summed E-state index contributed by atoms with van der Waals surface area (Å²) in [4.78, 5) is 0. The van der Waals surface area contributed by atoms with Crippen LogP contribution in [0.1, 0.15) is 6.42 Å². The minimum absolute atomic E-state index is 1.02. The van der Waals surface area contributed by atoms with E-state index in [1.807, 2.05) is 30.4 Å². The second kappa shape index (κ2) is 4.80. The van der Waals surface area contributed by atoms with Gasteiger partial charge in [0.2, 0.25) is 0 Å². The predicted molar refractivity (Wildman–Crippen MR) is 45.5 cm³/mol. The fraction of sp³-hybridized carbons (Fsp3) is 0.100. The van der Waals surface area contributed by atoms with Gasteiger partial charge in [-0.2, -0.15) is 0 Å². The van der Waals surface area contributed by atoms with Gasteiger partial charge in [-0.25, -0.2) is 0 Å². The molecule has 0 saturated heterocycles. The van der Waals surface area contributed by atoms with Gasteiger partial charge in [-0.1, -0.05) is 48.6 Å². The highest BCUT2D eigenvalue weighted by Crippen LogP contribution is 1.94. The summed E-state index contributed by atoms with van der Waals surface area (Å²) >= 11 is 0. The van der Waals surface area contributed by atoms with E-state index in [1.54, 1.807) is 0 Å². The van der Waals surface area contributed by atoms with Crippen LogP contribution in [0, 0.1) is 6.42 Å². The Morgan fingerprint density at radius 3 is 2.00 bits per heavy atom. The van der Waals surface area contributed by atoms with E-state index in [2.05, 4.69) is 24.6 Å². The molecule has 1 aliphatic rings. The van der Waals surface area contributed by atoms with Gasteiger partial charge in [-0.3, -0.25) is 0 Å². The second-order valence-corrected chi connectivity index (χ2v) is 2.05. The standard InChI is InChI=1S/C10H11/c1-2-4-6-8-10-9-7-5-3-1/h1-9H,10H2/b2-1+,5-3-,6-4-,9-7+. The van der Waals surface area contributed by atoms with Gasteiger partial charge in [0.05, 0.1) is 0 Å². The summed E-state index contributed by atoms with van der Waals surface area (Å²) < 4.78 is 0. The van der Waals surface area contributed by atoms with Gasteiger partial charge in [-0.05, 0) is 12.8 Å². The van der Waals surface area contributed by atoms with Crippen LogP contribution in [0.3, 0.4) is 0 Å². The highest BCUT2D eigenvalue weighted by atomic mass is 13.8. The molecule has 0 bridgehead atoms. The maximum atomic E-state index is 2.12. The fourth-order valence-corrected chi connectivity index (χ4v) is 0.714. The first-order chi connectivity index (χ1) is 5.00. The Kier molecular flexibility index (Phi) is 3.40.